The highest BCUT2D eigenvalue weighted by Gasteiger charge is 2.20. The lowest BCUT2D eigenvalue weighted by molar-refractivity contribution is 0.315. The van der Waals surface area contributed by atoms with Crippen LogP contribution in [-0.4, -0.2) is 11.6 Å². The van der Waals surface area contributed by atoms with Gasteiger partial charge in [0.15, 0.2) is 0 Å². The maximum absolute atomic E-state index is 5.84. The molecule has 0 bridgehead atoms. The van der Waals surface area contributed by atoms with Crippen LogP contribution in [0.25, 0.3) is 0 Å². The quantitative estimate of drug-likeness (QED) is 0.897. The second-order valence-electron chi connectivity index (χ2n) is 4.97. The first-order valence-electron chi connectivity index (χ1n) is 6.78. The molecule has 5 heteroatoms. The summed E-state index contributed by atoms with van der Waals surface area (Å²) in [6.07, 6.45) is 2.18. The van der Waals surface area contributed by atoms with Crippen LogP contribution in [0.3, 0.4) is 0 Å². The van der Waals surface area contributed by atoms with Crippen molar-refractivity contribution in [3.05, 3.63) is 44.3 Å². The number of hydrogen-bond acceptors (Lipinski definition) is 4. The van der Waals surface area contributed by atoms with E-state index in [0.717, 1.165) is 41.9 Å². The van der Waals surface area contributed by atoms with Crippen LogP contribution in [0.5, 0.6) is 5.75 Å². The van der Waals surface area contributed by atoms with Gasteiger partial charge in [0.05, 0.1) is 17.8 Å². The number of aromatic nitrogens is 1. The molecule has 0 radical (unpaired) electrons. The second-order valence-corrected chi connectivity index (χ2v) is 6.82. The zero-order valence-electron chi connectivity index (χ0n) is 11.4. The van der Waals surface area contributed by atoms with Gasteiger partial charge in [-0.3, -0.25) is 0 Å². The summed E-state index contributed by atoms with van der Waals surface area (Å²) in [6, 6.07) is 6.65. The van der Waals surface area contributed by atoms with Crippen molar-refractivity contribution >= 4 is 27.3 Å². The van der Waals surface area contributed by atoms with Crippen molar-refractivity contribution in [2.45, 2.75) is 32.4 Å². The minimum Gasteiger partial charge on any atom is -0.493 e. The standard InChI is InChI=1S/C15H17BrN2OS/c1-10-15(20-9-18-10)8-17-13-3-2-6-19-14-7-11(16)4-5-12(13)14/h4-5,7,9,13,17H,2-3,6,8H2,1H3. The van der Waals surface area contributed by atoms with E-state index in [1.165, 1.54) is 10.4 Å². The zero-order valence-corrected chi connectivity index (χ0v) is 13.8. The third-order valence-electron chi connectivity index (χ3n) is 3.60. The highest BCUT2D eigenvalue weighted by atomic mass is 79.9. The largest absolute Gasteiger partial charge is 0.493 e. The van der Waals surface area contributed by atoms with Crippen LogP contribution >= 0.6 is 27.3 Å². The van der Waals surface area contributed by atoms with E-state index in [0.29, 0.717) is 6.04 Å². The van der Waals surface area contributed by atoms with E-state index in [1.54, 1.807) is 11.3 Å². The molecule has 1 atom stereocenters. The van der Waals surface area contributed by atoms with Crippen LogP contribution in [0.15, 0.2) is 28.2 Å². The number of aryl methyl sites for hydroxylation is 1. The summed E-state index contributed by atoms with van der Waals surface area (Å²) in [5, 5.41) is 3.66. The lowest BCUT2D eigenvalue weighted by atomic mass is 10.0. The van der Waals surface area contributed by atoms with Gasteiger partial charge in [-0.05, 0) is 31.9 Å². The third-order valence-corrected chi connectivity index (χ3v) is 5.03. The number of nitrogens with one attached hydrogen (secondary N) is 1. The predicted molar refractivity (Wildman–Crippen MR) is 85.3 cm³/mol. The Morgan fingerprint density at radius 2 is 2.40 bits per heavy atom. The highest BCUT2D eigenvalue weighted by Crippen LogP contribution is 2.34. The number of ether oxygens (including phenoxy) is 1. The van der Waals surface area contributed by atoms with Gasteiger partial charge in [0.25, 0.3) is 0 Å². The van der Waals surface area contributed by atoms with Gasteiger partial charge in [-0.2, -0.15) is 0 Å². The number of benzene rings is 1. The van der Waals surface area contributed by atoms with E-state index in [4.69, 9.17) is 4.74 Å². The average molecular weight is 353 g/mol. The maximum Gasteiger partial charge on any atom is 0.125 e. The van der Waals surface area contributed by atoms with Gasteiger partial charge in [0, 0.05) is 27.5 Å². The summed E-state index contributed by atoms with van der Waals surface area (Å²) >= 11 is 5.22. The number of halogens is 1. The van der Waals surface area contributed by atoms with E-state index in [9.17, 15) is 0 Å². The van der Waals surface area contributed by atoms with Gasteiger partial charge >= 0.3 is 0 Å². The Morgan fingerprint density at radius 3 is 3.20 bits per heavy atom. The Balaban J connectivity index is 1.78. The molecule has 2 aromatic rings. The summed E-state index contributed by atoms with van der Waals surface area (Å²) in [6.45, 7) is 3.73. The van der Waals surface area contributed by atoms with Crippen molar-refractivity contribution in [3.8, 4) is 5.75 Å². The van der Waals surface area contributed by atoms with Crippen LogP contribution in [0, 0.1) is 6.92 Å². The summed E-state index contributed by atoms with van der Waals surface area (Å²) in [7, 11) is 0. The lowest BCUT2D eigenvalue weighted by Crippen LogP contribution is -2.20. The number of rotatable bonds is 3. The fraction of sp³-hybridized carbons (Fsp3) is 0.400. The molecular weight excluding hydrogens is 336 g/mol. The Labute approximate surface area is 131 Å². The lowest BCUT2D eigenvalue weighted by Gasteiger charge is -2.18. The Hall–Kier alpha value is -0.910. The molecule has 0 saturated carbocycles. The summed E-state index contributed by atoms with van der Waals surface area (Å²) in [5.41, 5.74) is 4.30. The first kappa shape index (κ1) is 14.0. The van der Waals surface area contributed by atoms with Crippen LogP contribution < -0.4 is 10.1 Å². The molecule has 0 saturated heterocycles. The average Bonchev–Trinajstić information content (AvgIpc) is 2.73. The van der Waals surface area contributed by atoms with Gasteiger partial charge < -0.3 is 10.1 Å². The van der Waals surface area contributed by atoms with Gasteiger partial charge in [0.2, 0.25) is 0 Å². The number of fused-ring (bicyclic) bond motifs is 1. The van der Waals surface area contributed by atoms with Gasteiger partial charge in [0.1, 0.15) is 5.75 Å². The SMILES string of the molecule is Cc1ncsc1CNC1CCCOc2cc(Br)ccc21. The first-order chi connectivity index (χ1) is 9.74. The third kappa shape index (κ3) is 3.05. The smallest absolute Gasteiger partial charge is 0.125 e. The van der Waals surface area contributed by atoms with Crippen molar-refractivity contribution in [1.29, 1.82) is 0 Å². The number of thiazole rings is 1. The molecule has 1 aromatic carbocycles. The van der Waals surface area contributed by atoms with Crippen LogP contribution in [0.1, 0.15) is 35.0 Å². The zero-order chi connectivity index (χ0) is 13.9. The molecule has 1 aliphatic rings. The first-order valence-corrected chi connectivity index (χ1v) is 8.46. The van der Waals surface area contributed by atoms with Crippen LogP contribution in [-0.2, 0) is 6.54 Å². The topological polar surface area (TPSA) is 34.2 Å². The molecule has 0 amide bonds. The number of hydrogen-bond donors (Lipinski definition) is 1. The van der Waals surface area contributed by atoms with Crippen molar-refractivity contribution < 1.29 is 4.74 Å². The molecule has 1 N–H and O–H groups in total. The van der Waals surface area contributed by atoms with Gasteiger partial charge in [-0.15, -0.1) is 11.3 Å². The van der Waals surface area contributed by atoms with E-state index in [1.807, 2.05) is 5.51 Å². The molecule has 0 spiro atoms. The molecule has 3 rings (SSSR count). The van der Waals surface area contributed by atoms with Gasteiger partial charge in [-0.25, -0.2) is 4.98 Å². The maximum atomic E-state index is 5.84. The molecule has 1 unspecified atom stereocenters. The van der Waals surface area contributed by atoms with Crippen molar-refractivity contribution in [2.75, 3.05) is 6.61 Å². The monoisotopic (exact) mass is 352 g/mol. The highest BCUT2D eigenvalue weighted by molar-refractivity contribution is 9.10. The normalized spacial score (nSPS) is 18.2. The second kappa shape index (κ2) is 6.24. The Morgan fingerprint density at radius 1 is 1.50 bits per heavy atom. The van der Waals surface area contributed by atoms with Crippen molar-refractivity contribution in [1.82, 2.24) is 10.3 Å². The minimum atomic E-state index is 0.349. The molecule has 3 nitrogen and oxygen atoms in total. The molecule has 20 heavy (non-hydrogen) atoms. The van der Waals surface area contributed by atoms with Gasteiger partial charge in [-0.1, -0.05) is 22.0 Å². The van der Waals surface area contributed by atoms with Crippen molar-refractivity contribution in [3.63, 3.8) is 0 Å². The molecule has 1 aliphatic heterocycles. The molecule has 106 valence electrons. The molecule has 2 heterocycles. The van der Waals surface area contributed by atoms with Crippen LogP contribution in [0.2, 0.25) is 0 Å². The van der Waals surface area contributed by atoms with E-state index in [-0.39, 0.29) is 0 Å². The number of nitrogens with zero attached hydrogens (tertiary/aromatic N) is 1. The molecular formula is C15H17BrN2OS. The predicted octanol–water partition coefficient (Wildman–Crippen LogP) is 4.22. The van der Waals surface area contributed by atoms with E-state index in [2.05, 4.69) is 51.4 Å². The Bertz CT molecular complexity index is 599. The molecule has 1 aromatic heterocycles. The molecule has 0 fully saturated rings. The minimum absolute atomic E-state index is 0.349. The summed E-state index contributed by atoms with van der Waals surface area (Å²) < 4.78 is 6.91. The van der Waals surface area contributed by atoms with E-state index >= 15 is 0 Å². The fourth-order valence-corrected chi connectivity index (χ4v) is 3.54. The fourth-order valence-electron chi connectivity index (χ4n) is 2.47. The van der Waals surface area contributed by atoms with Crippen molar-refractivity contribution in [2.24, 2.45) is 0 Å². The molecule has 0 aliphatic carbocycles. The van der Waals surface area contributed by atoms with Crippen LogP contribution in [0.4, 0.5) is 0 Å². The summed E-state index contributed by atoms with van der Waals surface area (Å²) in [5.74, 6) is 0.996. The van der Waals surface area contributed by atoms with E-state index < -0.39 is 0 Å². The Kier molecular flexibility index (Phi) is 4.38. The summed E-state index contributed by atoms with van der Waals surface area (Å²) in [4.78, 5) is 5.62.